The number of aliphatic hydroxyl groups excluding tert-OH is 1. The molecule has 4 aromatic carbocycles. The quantitative estimate of drug-likeness (QED) is 0.185. The first kappa shape index (κ1) is 38.4. The van der Waals surface area contributed by atoms with E-state index in [2.05, 4.69) is 42.1 Å². The molecule has 4 bridgehead atoms. The number of phenolic OH excluding ortho intramolecular Hbond substituents is 1. The smallest absolute Gasteiger partial charge is 0.121 e. The molecule has 4 aliphatic rings. The van der Waals surface area contributed by atoms with Gasteiger partial charge in [-0.1, -0.05) is 83.9 Å². The van der Waals surface area contributed by atoms with Crippen molar-refractivity contribution >= 4 is 46.7 Å². The third kappa shape index (κ3) is 10.6. The van der Waals surface area contributed by atoms with Crippen molar-refractivity contribution in [2.45, 2.75) is 109 Å². The van der Waals surface area contributed by atoms with Crippen molar-refractivity contribution in [3.8, 4) is 11.5 Å². The van der Waals surface area contributed by atoms with Crippen molar-refractivity contribution < 1.29 is 14.9 Å². The van der Waals surface area contributed by atoms with Crippen LogP contribution < -0.4 is 4.74 Å². The molecule has 51 heavy (non-hydrogen) atoms. The molecule has 4 aliphatic heterocycles. The standard InChI is InChI=1S/C21H24ClNOS.C14H18ClNOS.C7H8O/c1-23-16-7-8-17(23)12-19(11-16)25-21-10-9-18(13-20(21)22)24-14-15-5-3-2-4-6-15;1-16-9-2-3-10(16)7-12(6-9)18-14-5-4-11(17)8-13(14)15;8-6-7-4-2-1-3-5-7/h2-6,9-10,13,16-17,19H,7-8,11-12,14H2,1H3;4-5,8-10,12,17H,2-3,6-7H2,1H3;1-5,8H,6H2/t16-,17+,19?;9-,10+,12?;. The summed E-state index contributed by atoms with van der Waals surface area (Å²) in [6.45, 7) is 0.711. The van der Waals surface area contributed by atoms with Gasteiger partial charge in [0.2, 0.25) is 0 Å². The number of thioether (sulfide) groups is 2. The highest BCUT2D eigenvalue weighted by molar-refractivity contribution is 8.00. The lowest BCUT2D eigenvalue weighted by molar-refractivity contribution is 0.183. The maximum atomic E-state index is 9.37. The van der Waals surface area contributed by atoms with Gasteiger partial charge in [-0.05, 0) is 113 Å². The molecular weight excluding hydrogens is 716 g/mol. The molecule has 6 atom stereocenters. The zero-order valence-electron chi connectivity index (χ0n) is 29.5. The number of phenols is 1. The van der Waals surface area contributed by atoms with E-state index in [4.69, 9.17) is 33.0 Å². The fraction of sp³-hybridized carbons (Fsp3) is 0.429. The largest absolute Gasteiger partial charge is 0.508 e. The van der Waals surface area contributed by atoms with Crippen molar-refractivity contribution in [1.29, 1.82) is 0 Å². The second-order valence-electron chi connectivity index (χ2n) is 14.1. The van der Waals surface area contributed by atoms with Crippen LogP contribution in [0.5, 0.6) is 11.5 Å². The molecule has 0 radical (unpaired) electrons. The Kier molecular flexibility index (Phi) is 14.0. The second kappa shape index (κ2) is 18.6. The van der Waals surface area contributed by atoms with Crippen LogP contribution >= 0.6 is 46.7 Å². The maximum Gasteiger partial charge on any atom is 0.121 e. The Bertz CT molecular complexity index is 1660. The van der Waals surface area contributed by atoms with Gasteiger partial charge in [-0.2, -0.15) is 0 Å². The van der Waals surface area contributed by atoms with E-state index in [0.29, 0.717) is 22.1 Å². The lowest BCUT2D eigenvalue weighted by atomic mass is 10.0. The summed E-state index contributed by atoms with van der Waals surface area (Å²) < 4.78 is 5.88. The van der Waals surface area contributed by atoms with Gasteiger partial charge in [0.15, 0.2) is 0 Å². The minimum absolute atomic E-state index is 0.140. The number of hydrogen-bond donors (Lipinski definition) is 2. The minimum atomic E-state index is 0.140. The zero-order chi connectivity index (χ0) is 35.7. The van der Waals surface area contributed by atoms with Gasteiger partial charge in [0, 0.05) is 44.5 Å². The number of piperidine rings is 2. The van der Waals surface area contributed by atoms with E-state index in [9.17, 15) is 5.11 Å². The molecule has 2 N–H and O–H groups in total. The number of rotatable bonds is 8. The van der Waals surface area contributed by atoms with Crippen molar-refractivity contribution in [3.63, 3.8) is 0 Å². The summed E-state index contributed by atoms with van der Waals surface area (Å²) in [4.78, 5) is 7.42. The molecule has 0 amide bonds. The Morgan fingerprint density at radius 2 is 1.08 bits per heavy atom. The van der Waals surface area contributed by atoms with Crippen LogP contribution in [0.3, 0.4) is 0 Å². The van der Waals surface area contributed by atoms with Crippen molar-refractivity contribution in [2.24, 2.45) is 0 Å². The summed E-state index contributed by atoms with van der Waals surface area (Å²) in [6, 6.07) is 34.2. The maximum absolute atomic E-state index is 9.37. The van der Waals surface area contributed by atoms with E-state index >= 15 is 0 Å². The van der Waals surface area contributed by atoms with E-state index in [1.165, 1.54) is 61.8 Å². The molecule has 272 valence electrons. The molecule has 4 fully saturated rings. The Labute approximate surface area is 322 Å². The van der Waals surface area contributed by atoms with E-state index in [1.54, 1.807) is 12.1 Å². The lowest BCUT2D eigenvalue weighted by Gasteiger charge is -2.36. The number of hydrogen-bond acceptors (Lipinski definition) is 7. The van der Waals surface area contributed by atoms with Crippen LogP contribution in [0.4, 0.5) is 0 Å². The van der Waals surface area contributed by atoms with E-state index < -0.39 is 0 Å². The first-order valence-corrected chi connectivity index (χ1v) is 20.6. The monoisotopic (exact) mass is 764 g/mol. The molecule has 5 nitrogen and oxygen atoms in total. The number of benzene rings is 4. The Hall–Kier alpha value is -2.36. The summed E-state index contributed by atoms with van der Waals surface area (Å²) in [5.74, 6) is 1.08. The van der Waals surface area contributed by atoms with Gasteiger partial charge < -0.3 is 24.7 Å². The van der Waals surface area contributed by atoms with E-state index in [-0.39, 0.29) is 12.4 Å². The molecule has 4 saturated heterocycles. The van der Waals surface area contributed by atoms with Crippen LogP contribution in [-0.2, 0) is 13.2 Å². The normalized spacial score (nSPS) is 25.4. The SMILES string of the molecule is CN1[C@@H]2CC[C@H]1CC(Sc1ccc(O)cc1Cl)C2.CN1[C@@H]2CC[C@H]1CC(Sc1ccc(OCc3ccccc3)cc1Cl)C2.OCc1ccccc1. The molecule has 2 unspecified atom stereocenters. The highest BCUT2D eigenvalue weighted by atomic mass is 35.5. The third-order valence-corrected chi connectivity index (χ3v) is 14.3. The number of ether oxygens (including phenoxy) is 1. The Morgan fingerprint density at radius 3 is 1.51 bits per heavy atom. The first-order valence-electron chi connectivity index (χ1n) is 18.1. The summed E-state index contributed by atoms with van der Waals surface area (Å²) in [5.41, 5.74) is 2.13. The van der Waals surface area contributed by atoms with Gasteiger partial charge in [-0.3, -0.25) is 0 Å². The zero-order valence-corrected chi connectivity index (χ0v) is 32.7. The summed E-state index contributed by atoms with van der Waals surface area (Å²) in [5, 5.41) is 20.7. The summed E-state index contributed by atoms with van der Waals surface area (Å²) in [6.07, 6.45) is 10.5. The summed E-state index contributed by atoms with van der Waals surface area (Å²) >= 11 is 16.5. The van der Waals surface area contributed by atoms with Crippen LogP contribution in [0.2, 0.25) is 10.0 Å². The lowest BCUT2D eigenvalue weighted by Crippen LogP contribution is -2.40. The van der Waals surface area contributed by atoms with Crippen LogP contribution in [0, 0.1) is 0 Å². The van der Waals surface area contributed by atoms with Crippen molar-refractivity contribution in [3.05, 3.63) is 118 Å². The van der Waals surface area contributed by atoms with E-state index in [0.717, 1.165) is 45.4 Å². The molecule has 0 spiro atoms. The van der Waals surface area contributed by atoms with Crippen LogP contribution in [-0.4, -0.2) is 68.8 Å². The fourth-order valence-corrected chi connectivity index (χ4v) is 11.1. The van der Waals surface area contributed by atoms with Gasteiger partial charge >= 0.3 is 0 Å². The molecular formula is C42H50Cl2N2O3S2. The fourth-order valence-electron chi connectivity index (χ4n) is 7.85. The van der Waals surface area contributed by atoms with E-state index in [1.807, 2.05) is 90.3 Å². The topological polar surface area (TPSA) is 56.2 Å². The van der Waals surface area contributed by atoms with Gasteiger partial charge in [0.05, 0.1) is 16.7 Å². The van der Waals surface area contributed by atoms with Crippen LogP contribution in [0.25, 0.3) is 0 Å². The van der Waals surface area contributed by atoms with Crippen molar-refractivity contribution in [1.82, 2.24) is 9.80 Å². The summed E-state index contributed by atoms with van der Waals surface area (Å²) in [7, 11) is 4.55. The Morgan fingerprint density at radius 1 is 0.627 bits per heavy atom. The molecule has 0 aliphatic carbocycles. The highest BCUT2D eigenvalue weighted by Crippen LogP contribution is 2.45. The van der Waals surface area contributed by atoms with Gasteiger partial charge in [-0.25, -0.2) is 0 Å². The number of fused-ring (bicyclic) bond motifs is 4. The van der Waals surface area contributed by atoms with Crippen LogP contribution in [0.1, 0.15) is 62.5 Å². The second-order valence-corrected chi connectivity index (χ2v) is 17.6. The van der Waals surface area contributed by atoms with Gasteiger partial charge in [0.25, 0.3) is 0 Å². The number of aromatic hydroxyl groups is 1. The third-order valence-electron chi connectivity index (χ3n) is 10.8. The van der Waals surface area contributed by atoms with Crippen LogP contribution in [0.15, 0.2) is 107 Å². The molecule has 4 heterocycles. The highest BCUT2D eigenvalue weighted by Gasteiger charge is 2.39. The average molecular weight is 766 g/mol. The minimum Gasteiger partial charge on any atom is -0.508 e. The molecule has 0 saturated carbocycles. The van der Waals surface area contributed by atoms with Crippen molar-refractivity contribution in [2.75, 3.05) is 14.1 Å². The Balaban J connectivity index is 0.000000150. The number of aliphatic hydroxyl groups is 1. The molecule has 8 rings (SSSR count). The van der Waals surface area contributed by atoms with Gasteiger partial charge in [0.1, 0.15) is 18.1 Å². The average Bonchev–Trinajstić information content (AvgIpc) is 3.46. The molecule has 9 heteroatoms. The number of nitrogens with zero attached hydrogens (tertiary/aromatic N) is 2. The molecule has 0 aromatic heterocycles. The van der Waals surface area contributed by atoms with Gasteiger partial charge in [-0.15, -0.1) is 23.5 Å². The predicted octanol–water partition coefficient (Wildman–Crippen LogP) is 10.6. The first-order chi connectivity index (χ1) is 24.7. The number of halogens is 2. The predicted molar refractivity (Wildman–Crippen MR) is 215 cm³/mol. The molecule has 4 aromatic rings.